The van der Waals surface area contributed by atoms with Crippen molar-refractivity contribution in [3.8, 4) is 0 Å². The fourth-order valence-electron chi connectivity index (χ4n) is 6.87. The summed E-state index contributed by atoms with van der Waals surface area (Å²) >= 11 is 0. The summed E-state index contributed by atoms with van der Waals surface area (Å²) < 4.78 is 5.99. The molecule has 0 rings (SSSR count). The zero-order valence-electron chi connectivity index (χ0n) is 33.7. The summed E-state index contributed by atoms with van der Waals surface area (Å²) in [5.74, 6) is -0.720. The lowest BCUT2D eigenvalue weighted by molar-refractivity contribution is -0.150. The maximum absolute atomic E-state index is 12.7. The number of hydrogen-bond donors (Lipinski definition) is 1. The van der Waals surface area contributed by atoms with Crippen molar-refractivity contribution in [3.05, 3.63) is 24.3 Å². The van der Waals surface area contributed by atoms with Crippen molar-refractivity contribution in [1.29, 1.82) is 0 Å². The highest BCUT2D eigenvalue weighted by Gasteiger charge is 2.14. The van der Waals surface area contributed by atoms with Crippen LogP contribution in [0.2, 0.25) is 0 Å². The Morgan fingerprint density at radius 2 is 0.800 bits per heavy atom. The van der Waals surface area contributed by atoms with Gasteiger partial charge < -0.3 is 9.84 Å². The smallest absolute Gasteiger partial charge is 0.306 e. The van der Waals surface area contributed by atoms with E-state index in [0.29, 0.717) is 6.42 Å². The molecule has 0 aliphatic rings. The first-order valence-corrected chi connectivity index (χ1v) is 22.3. The van der Waals surface area contributed by atoms with Crippen LogP contribution < -0.4 is 0 Å². The average Bonchev–Trinajstić information content (AvgIpc) is 3.10. The predicted molar refractivity (Wildman–Crippen MR) is 218 cm³/mol. The lowest BCUT2D eigenvalue weighted by atomic mass is 10.0. The molecule has 0 aromatic rings. The van der Waals surface area contributed by atoms with Crippen LogP contribution in [0, 0.1) is 0 Å². The third kappa shape index (κ3) is 40.8. The molecule has 0 aromatic heterocycles. The highest BCUT2D eigenvalue weighted by molar-refractivity contribution is 5.69. The largest absolute Gasteiger partial charge is 0.481 e. The van der Waals surface area contributed by atoms with Gasteiger partial charge in [-0.3, -0.25) is 9.59 Å². The van der Waals surface area contributed by atoms with E-state index in [1.54, 1.807) is 0 Å². The van der Waals surface area contributed by atoms with Crippen molar-refractivity contribution < 1.29 is 19.4 Å². The van der Waals surface area contributed by atoms with Crippen LogP contribution >= 0.6 is 0 Å². The fourth-order valence-corrected chi connectivity index (χ4v) is 6.87. The average molecular weight is 703 g/mol. The van der Waals surface area contributed by atoms with Gasteiger partial charge in [0, 0.05) is 12.8 Å². The Morgan fingerprint density at radius 3 is 1.26 bits per heavy atom. The van der Waals surface area contributed by atoms with Gasteiger partial charge >= 0.3 is 11.9 Å². The van der Waals surface area contributed by atoms with Crippen LogP contribution in [-0.4, -0.2) is 23.1 Å². The third-order valence-corrected chi connectivity index (χ3v) is 10.2. The molecular weight excluding hydrogens is 617 g/mol. The minimum atomic E-state index is -0.704. The molecule has 0 heterocycles. The van der Waals surface area contributed by atoms with Crippen molar-refractivity contribution in [1.82, 2.24) is 0 Å². The Kier molecular flexibility index (Phi) is 40.5. The van der Waals surface area contributed by atoms with Gasteiger partial charge in [-0.25, -0.2) is 0 Å². The lowest BCUT2D eigenvalue weighted by Crippen LogP contribution is -2.18. The molecule has 0 bridgehead atoms. The van der Waals surface area contributed by atoms with Gasteiger partial charge in [-0.05, 0) is 64.2 Å². The molecular formula is C46H86O4. The number of ether oxygens (including phenoxy) is 1. The first-order chi connectivity index (χ1) is 24.6. The fraction of sp³-hybridized carbons (Fsp3) is 0.870. The maximum Gasteiger partial charge on any atom is 0.306 e. The van der Waals surface area contributed by atoms with Crippen LogP contribution in [0.15, 0.2) is 24.3 Å². The zero-order chi connectivity index (χ0) is 36.4. The molecule has 0 aliphatic carbocycles. The predicted octanol–water partition coefficient (Wildman–Crippen LogP) is 15.6. The van der Waals surface area contributed by atoms with Crippen LogP contribution in [0.1, 0.15) is 251 Å². The SMILES string of the molecule is CCCCC/C=C\C/C=C\CCCC(CCCCCCCC(=O)O)OC(=O)CCCCCCCCCCCCCCCCCCCCCCC. The lowest BCUT2D eigenvalue weighted by Gasteiger charge is -2.18. The molecule has 0 fully saturated rings. The number of carboxylic acid groups (broad SMARTS) is 1. The number of carboxylic acids is 1. The summed E-state index contributed by atoms with van der Waals surface area (Å²) in [6, 6.07) is 0. The molecule has 1 N–H and O–H groups in total. The van der Waals surface area contributed by atoms with Crippen molar-refractivity contribution >= 4 is 11.9 Å². The maximum atomic E-state index is 12.7. The molecule has 4 nitrogen and oxygen atoms in total. The summed E-state index contributed by atoms with van der Waals surface area (Å²) in [6.45, 7) is 4.54. The molecule has 1 atom stereocenters. The van der Waals surface area contributed by atoms with Crippen LogP contribution in [0.25, 0.3) is 0 Å². The van der Waals surface area contributed by atoms with Gasteiger partial charge in [0.1, 0.15) is 6.10 Å². The van der Waals surface area contributed by atoms with Gasteiger partial charge in [0.15, 0.2) is 0 Å². The molecule has 0 aromatic carbocycles. The summed E-state index contributed by atoms with van der Waals surface area (Å²) in [5, 5.41) is 8.83. The minimum absolute atomic E-state index is 0.0157. The van der Waals surface area contributed by atoms with Crippen LogP contribution in [-0.2, 0) is 14.3 Å². The van der Waals surface area contributed by atoms with Gasteiger partial charge in [0.2, 0.25) is 0 Å². The molecule has 4 heteroatoms. The second-order valence-electron chi connectivity index (χ2n) is 15.2. The molecule has 0 radical (unpaired) electrons. The van der Waals surface area contributed by atoms with Gasteiger partial charge in [0.25, 0.3) is 0 Å². The minimum Gasteiger partial charge on any atom is -0.481 e. The van der Waals surface area contributed by atoms with E-state index < -0.39 is 5.97 Å². The van der Waals surface area contributed by atoms with Crippen molar-refractivity contribution in [2.75, 3.05) is 0 Å². The number of allylic oxidation sites excluding steroid dienone is 4. The number of hydrogen-bond acceptors (Lipinski definition) is 3. The molecule has 0 aliphatic heterocycles. The molecule has 294 valence electrons. The number of aliphatic carboxylic acids is 1. The number of carbonyl (C=O) groups is 2. The summed E-state index contributed by atoms with van der Waals surface area (Å²) in [5.41, 5.74) is 0. The standard InChI is InChI=1S/C46H86O4/c1-3-5-7-9-11-13-15-16-17-18-19-20-21-22-23-24-26-28-30-35-39-43-46(49)50-44(41-37-33-31-34-38-42-45(47)48)40-36-32-29-27-25-14-12-10-8-6-4-2/h12,14,27,29,44H,3-11,13,15-26,28,30-43H2,1-2H3,(H,47,48)/b14-12-,29-27-. The van der Waals surface area contributed by atoms with E-state index in [0.717, 1.165) is 77.0 Å². The van der Waals surface area contributed by atoms with Crippen molar-refractivity contribution in [2.24, 2.45) is 0 Å². The Hall–Kier alpha value is -1.58. The number of esters is 1. The van der Waals surface area contributed by atoms with E-state index in [1.807, 2.05) is 0 Å². The Balaban J connectivity index is 3.90. The van der Waals surface area contributed by atoms with Gasteiger partial charge in [-0.1, -0.05) is 199 Å². The Bertz CT molecular complexity index is 757. The molecule has 0 spiro atoms. The first-order valence-electron chi connectivity index (χ1n) is 22.3. The normalized spacial score (nSPS) is 12.4. The van der Waals surface area contributed by atoms with Crippen molar-refractivity contribution in [2.45, 2.75) is 258 Å². The molecule has 0 saturated heterocycles. The number of rotatable bonds is 41. The summed E-state index contributed by atoms with van der Waals surface area (Å²) in [6.07, 6.45) is 53.6. The Morgan fingerprint density at radius 1 is 0.440 bits per heavy atom. The van der Waals surface area contributed by atoms with E-state index in [4.69, 9.17) is 9.84 Å². The highest BCUT2D eigenvalue weighted by Crippen LogP contribution is 2.18. The molecule has 50 heavy (non-hydrogen) atoms. The highest BCUT2D eigenvalue weighted by atomic mass is 16.5. The second kappa shape index (κ2) is 41.8. The number of unbranched alkanes of at least 4 members (excludes halogenated alkanes) is 28. The number of carbonyl (C=O) groups excluding carboxylic acids is 1. The third-order valence-electron chi connectivity index (χ3n) is 10.2. The monoisotopic (exact) mass is 703 g/mol. The summed E-state index contributed by atoms with van der Waals surface area (Å²) in [4.78, 5) is 23.4. The van der Waals surface area contributed by atoms with E-state index >= 15 is 0 Å². The molecule has 0 amide bonds. The molecule has 0 saturated carbocycles. The second-order valence-corrected chi connectivity index (χ2v) is 15.2. The van der Waals surface area contributed by atoms with E-state index in [1.165, 1.54) is 148 Å². The topological polar surface area (TPSA) is 63.6 Å². The zero-order valence-corrected chi connectivity index (χ0v) is 33.7. The van der Waals surface area contributed by atoms with Crippen LogP contribution in [0.3, 0.4) is 0 Å². The summed E-state index contributed by atoms with van der Waals surface area (Å²) in [7, 11) is 0. The molecule has 1 unspecified atom stereocenters. The van der Waals surface area contributed by atoms with E-state index in [9.17, 15) is 9.59 Å². The quantitative estimate of drug-likeness (QED) is 0.0391. The van der Waals surface area contributed by atoms with Gasteiger partial charge in [-0.2, -0.15) is 0 Å². The first kappa shape index (κ1) is 48.4. The van der Waals surface area contributed by atoms with Crippen LogP contribution in [0.4, 0.5) is 0 Å². The Labute approximate surface area is 312 Å². The van der Waals surface area contributed by atoms with Crippen LogP contribution in [0.5, 0.6) is 0 Å². The van der Waals surface area contributed by atoms with Gasteiger partial charge in [-0.15, -0.1) is 0 Å². The van der Waals surface area contributed by atoms with E-state index in [-0.39, 0.29) is 18.5 Å². The van der Waals surface area contributed by atoms with Gasteiger partial charge in [0.05, 0.1) is 0 Å². The van der Waals surface area contributed by atoms with Crippen molar-refractivity contribution in [3.63, 3.8) is 0 Å². The van der Waals surface area contributed by atoms with E-state index in [2.05, 4.69) is 38.2 Å².